The summed E-state index contributed by atoms with van der Waals surface area (Å²) in [4.78, 5) is 12.3. The van der Waals surface area contributed by atoms with Gasteiger partial charge < -0.3 is 10.1 Å². The number of halogens is 1. The maximum Gasteiger partial charge on any atom is 0.262 e. The molecule has 0 spiro atoms. The zero-order valence-corrected chi connectivity index (χ0v) is 17.1. The van der Waals surface area contributed by atoms with Gasteiger partial charge in [-0.25, -0.2) is 8.42 Å². The van der Waals surface area contributed by atoms with E-state index in [1.807, 2.05) is 12.1 Å². The van der Waals surface area contributed by atoms with E-state index in [2.05, 4.69) is 21.2 Å². The third-order valence-electron chi connectivity index (χ3n) is 4.24. The first-order valence-electron chi connectivity index (χ1n) is 8.73. The standard InChI is InChI=1S/C19H21BrN2O4S/c20-15-6-4-8-17(12-15)26-14-19(23)21-16-7-5-9-18(13-16)27(24,25)22-10-2-1-3-11-22/h4-9,12-13H,1-3,10-11,14H2,(H,21,23). The third kappa shape index (κ3) is 5.31. The van der Waals surface area contributed by atoms with Gasteiger partial charge in [-0.3, -0.25) is 4.79 Å². The van der Waals surface area contributed by atoms with E-state index in [4.69, 9.17) is 4.74 Å². The summed E-state index contributed by atoms with van der Waals surface area (Å²) in [5, 5.41) is 2.68. The number of hydrogen-bond acceptors (Lipinski definition) is 4. The monoisotopic (exact) mass is 452 g/mol. The Morgan fingerprint density at radius 1 is 1.07 bits per heavy atom. The van der Waals surface area contributed by atoms with Crippen molar-refractivity contribution in [2.24, 2.45) is 0 Å². The number of piperidine rings is 1. The molecule has 2 aromatic carbocycles. The van der Waals surface area contributed by atoms with Crippen LogP contribution in [-0.4, -0.2) is 38.3 Å². The molecule has 0 saturated carbocycles. The van der Waals surface area contributed by atoms with Crippen molar-refractivity contribution in [3.05, 3.63) is 53.0 Å². The van der Waals surface area contributed by atoms with Gasteiger partial charge in [-0.2, -0.15) is 4.31 Å². The number of nitrogens with one attached hydrogen (secondary N) is 1. The van der Waals surface area contributed by atoms with E-state index in [9.17, 15) is 13.2 Å². The van der Waals surface area contributed by atoms with Crippen molar-refractivity contribution in [1.29, 1.82) is 0 Å². The second-order valence-corrected chi connectivity index (χ2v) is 9.14. The molecule has 0 atom stereocenters. The number of nitrogens with zero attached hydrogens (tertiary/aromatic N) is 1. The molecule has 1 amide bonds. The van der Waals surface area contributed by atoms with E-state index in [1.165, 1.54) is 10.4 Å². The number of anilines is 1. The summed E-state index contributed by atoms with van der Waals surface area (Å²) in [7, 11) is -3.53. The van der Waals surface area contributed by atoms with Crippen LogP contribution >= 0.6 is 15.9 Å². The van der Waals surface area contributed by atoms with Gasteiger partial charge in [0.1, 0.15) is 5.75 Å². The minimum absolute atomic E-state index is 0.167. The van der Waals surface area contributed by atoms with Crippen LogP contribution in [0.15, 0.2) is 57.9 Å². The molecule has 0 radical (unpaired) electrons. The van der Waals surface area contributed by atoms with Crippen LogP contribution in [0, 0.1) is 0 Å². The number of hydrogen-bond donors (Lipinski definition) is 1. The lowest BCUT2D eigenvalue weighted by Gasteiger charge is -2.26. The average molecular weight is 453 g/mol. The average Bonchev–Trinajstić information content (AvgIpc) is 2.67. The zero-order chi connectivity index (χ0) is 19.3. The molecule has 0 aliphatic carbocycles. The van der Waals surface area contributed by atoms with Crippen LogP contribution < -0.4 is 10.1 Å². The highest BCUT2D eigenvalue weighted by Gasteiger charge is 2.26. The van der Waals surface area contributed by atoms with Crippen LogP contribution in [0.1, 0.15) is 19.3 Å². The Labute approximate surface area is 167 Å². The molecule has 144 valence electrons. The SMILES string of the molecule is O=C(COc1cccc(Br)c1)Nc1cccc(S(=O)(=O)N2CCCCC2)c1. The molecule has 1 N–H and O–H groups in total. The van der Waals surface area contributed by atoms with Crippen molar-refractivity contribution in [3.63, 3.8) is 0 Å². The molecular formula is C19H21BrN2O4S. The van der Waals surface area contributed by atoms with Crippen LogP contribution in [0.5, 0.6) is 5.75 Å². The highest BCUT2D eigenvalue weighted by Crippen LogP contribution is 2.23. The first kappa shape index (κ1) is 19.9. The van der Waals surface area contributed by atoms with Crippen LogP contribution in [0.25, 0.3) is 0 Å². The molecule has 1 aliphatic heterocycles. The Morgan fingerprint density at radius 3 is 2.56 bits per heavy atom. The summed E-state index contributed by atoms with van der Waals surface area (Å²) in [6.45, 7) is 0.915. The van der Waals surface area contributed by atoms with Crippen molar-refractivity contribution < 1.29 is 17.9 Å². The highest BCUT2D eigenvalue weighted by molar-refractivity contribution is 9.10. The smallest absolute Gasteiger partial charge is 0.262 e. The summed E-state index contributed by atoms with van der Waals surface area (Å²) < 4.78 is 33.3. The Balaban J connectivity index is 1.64. The molecule has 3 rings (SSSR count). The van der Waals surface area contributed by atoms with Gasteiger partial charge in [0.25, 0.3) is 5.91 Å². The molecule has 0 aromatic heterocycles. The Morgan fingerprint density at radius 2 is 1.81 bits per heavy atom. The first-order chi connectivity index (χ1) is 12.9. The number of rotatable bonds is 6. The molecule has 0 unspecified atom stereocenters. The van der Waals surface area contributed by atoms with E-state index in [1.54, 1.807) is 30.3 Å². The zero-order valence-electron chi connectivity index (χ0n) is 14.7. The molecule has 1 saturated heterocycles. The van der Waals surface area contributed by atoms with E-state index in [0.29, 0.717) is 24.5 Å². The van der Waals surface area contributed by atoms with Crippen LogP contribution in [0.3, 0.4) is 0 Å². The van der Waals surface area contributed by atoms with Crippen LogP contribution in [0.2, 0.25) is 0 Å². The van der Waals surface area contributed by atoms with E-state index < -0.39 is 10.0 Å². The topological polar surface area (TPSA) is 75.7 Å². The molecule has 1 aliphatic rings. The Kier molecular flexibility index (Phi) is 6.51. The van der Waals surface area contributed by atoms with E-state index >= 15 is 0 Å². The Hall–Kier alpha value is -1.90. The number of benzene rings is 2. The molecule has 2 aromatic rings. The first-order valence-corrected chi connectivity index (χ1v) is 11.0. The normalized spacial score (nSPS) is 15.3. The maximum atomic E-state index is 12.8. The van der Waals surface area contributed by atoms with Gasteiger partial charge in [0.05, 0.1) is 4.90 Å². The minimum atomic E-state index is -3.53. The van der Waals surface area contributed by atoms with Crippen molar-refractivity contribution in [1.82, 2.24) is 4.31 Å². The second kappa shape index (κ2) is 8.86. The summed E-state index contributed by atoms with van der Waals surface area (Å²) in [6, 6.07) is 13.5. The van der Waals surface area contributed by atoms with Crippen molar-refractivity contribution in [3.8, 4) is 5.75 Å². The highest BCUT2D eigenvalue weighted by atomic mass is 79.9. The van der Waals surface area contributed by atoms with Gasteiger partial charge in [0.15, 0.2) is 6.61 Å². The summed E-state index contributed by atoms with van der Waals surface area (Å²) in [5.41, 5.74) is 0.427. The fraction of sp³-hybridized carbons (Fsp3) is 0.316. The molecular weight excluding hydrogens is 432 g/mol. The van der Waals surface area contributed by atoms with E-state index in [-0.39, 0.29) is 17.4 Å². The van der Waals surface area contributed by atoms with Gasteiger partial charge in [0.2, 0.25) is 10.0 Å². The minimum Gasteiger partial charge on any atom is -0.484 e. The van der Waals surface area contributed by atoms with Gasteiger partial charge in [0, 0.05) is 23.2 Å². The molecule has 6 nitrogen and oxygen atoms in total. The number of ether oxygens (including phenoxy) is 1. The van der Waals surface area contributed by atoms with Crippen molar-refractivity contribution in [2.75, 3.05) is 25.0 Å². The van der Waals surface area contributed by atoms with Gasteiger partial charge in [-0.1, -0.05) is 34.5 Å². The lowest BCUT2D eigenvalue weighted by Crippen LogP contribution is -2.35. The van der Waals surface area contributed by atoms with Crippen LogP contribution in [0.4, 0.5) is 5.69 Å². The summed E-state index contributed by atoms with van der Waals surface area (Å²) >= 11 is 3.34. The van der Waals surface area contributed by atoms with Crippen molar-refractivity contribution in [2.45, 2.75) is 24.2 Å². The van der Waals surface area contributed by atoms with E-state index in [0.717, 1.165) is 23.7 Å². The fourth-order valence-electron chi connectivity index (χ4n) is 2.89. The quantitative estimate of drug-likeness (QED) is 0.725. The van der Waals surface area contributed by atoms with Gasteiger partial charge >= 0.3 is 0 Å². The number of carbonyl (C=O) groups excluding carboxylic acids is 1. The van der Waals surface area contributed by atoms with Gasteiger partial charge in [-0.15, -0.1) is 0 Å². The second-order valence-electron chi connectivity index (χ2n) is 6.29. The largest absolute Gasteiger partial charge is 0.484 e. The molecule has 27 heavy (non-hydrogen) atoms. The summed E-state index contributed by atoms with van der Waals surface area (Å²) in [6.07, 6.45) is 2.81. The fourth-order valence-corrected chi connectivity index (χ4v) is 4.83. The molecule has 1 fully saturated rings. The Bertz CT molecular complexity index is 911. The lowest BCUT2D eigenvalue weighted by atomic mass is 10.2. The number of amides is 1. The molecule has 1 heterocycles. The third-order valence-corrected chi connectivity index (χ3v) is 6.62. The van der Waals surface area contributed by atoms with Crippen LogP contribution in [-0.2, 0) is 14.8 Å². The molecule has 8 heteroatoms. The predicted octanol–water partition coefficient (Wildman–Crippen LogP) is 3.64. The molecule has 0 bridgehead atoms. The number of carbonyl (C=O) groups is 1. The van der Waals surface area contributed by atoms with Gasteiger partial charge in [-0.05, 0) is 49.2 Å². The summed E-state index contributed by atoms with van der Waals surface area (Å²) in [5.74, 6) is 0.212. The van der Waals surface area contributed by atoms with Crippen molar-refractivity contribution >= 4 is 37.5 Å². The number of sulfonamides is 1. The lowest BCUT2D eigenvalue weighted by molar-refractivity contribution is -0.118. The predicted molar refractivity (Wildman–Crippen MR) is 107 cm³/mol. The maximum absolute atomic E-state index is 12.8.